The Morgan fingerprint density at radius 3 is 1.35 bits per heavy atom. The first kappa shape index (κ1) is 12.0. The lowest BCUT2D eigenvalue weighted by molar-refractivity contribution is 0.121. The maximum absolute atomic E-state index is 2.79. The summed E-state index contributed by atoms with van der Waals surface area (Å²) in [5.41, 5.74) is 0. The van der Waals surface area contributed by atoms with E-state index in [1.54, 1.807) is 0 Å². The third-order valence-electron chi connectivity index (χ3n) is 5.22. The topological polar surface area (TPSA) is 6.48 Å². The van der Waals surface area contributed by atoms with E-state index in [4.69, 9.17) is 0 Å². The van der Waals surface area contributed by atoms with Crippen molar-refractivity contribution < 1.29 is 0 Å². The minimum atomic E-state index is 0.928. The van der Waals surface area contributed by atoms with E-state index in [0.717, 1.165) is 12.1 Å². The van der Waals surface area contributed by atoms with Crippen molar-refractivity contribution in [1.82, 2.24) is 9.80 Å². The Bertz CT molecular complexity index is 205. The predicted molar refractivity (Wildman–Crippen MR) is 72.0 cm³/mol. The number of hydrogen-bond acceptors (Lipinski definition) is 2. The minimum Gasteiger partial charge on any atom is -0.286 e. The molecule has 0 spiro atoms. The van der Waals surface area contributed by atoms with Crippen LogP contribution in [0.2, 0.25) is 0 Å². The molecule has 1 saturated heterocycles. The maximum atomic E-state index is 2.79. The number of hydrogen-bond donors (Lipinski definition) is 0. The molecule has 0 amide bonds. The Kier molecular flexibility index (Phi) is 4.02. The van der Waals surface area contributed by atoms with Gasteiger partial charge >= 0.3 is 0 Å². The van der Waals surface area contributed by atoms with E-state index in [1.807, 2.05) is 0 Å². The highest BCUT2D eigenvalue weighted by Gasteiger charge is 2.31. The van der Waals surface area contributed by atoms with Crippen LogP contribution in [0.4, 0.5) is 0 Å². The van der Waals surface area contributed by atoms with Gasteiger partial charge in [-0.15, -0.1) is 0 Å². The molecule has 1 aliphatic heterocycles. The maximum Gasteiger partial charge on any atom is 0.0512 e. The average molecular weight is 236 g/mol. The van der Waals surface area contributed by atoms with Gasteiger partial charge in [0.05, 0.1) is 6.67 Å². The second-order valence-corrected chi connectivity index (χ2v) is 6.35. The van der Waals surface area contributed by atoms with Crippen LogP contribution in [0.15, 0.2) is 0 Å². The van der Waals surface area contributed by atoms with E-state index in [1.165, 1.54) is 84.0 Å². The average Bonchev–Trinajstić information content (AvgIpc) is 2.90. The standard InChI is InChI=1S/C15H28N2/c1-3-7-14(8-4-1)16-11-12-17(13-16)15-9-5-2-6-10-15/h14-15H,1-13H2. The van der Waals surface area contributed by atoms with Gasteiger partial charge in [-0.1, -0.05) is 38.5 Å². The van der Waals surface area contributed by atoms with E-state index in [2.05, 4.69) is 9.80 Å². The van der Waals surface area contributed by atoms with Gasteiger partial charge in [-0.25, -0.2) is 0 Å². The van der Waals surface area contributed by atoms with Gasteiger partial charge in [0.15, 0.2) is 0 Å². The van der Waals surface area contributed by atoms with Gasteiger partial charge in [-0.3, -0.25) is 9.80 Å². The van der Waals surface area contributed by atoms with Gasteiger partial charge < -0.3 is 0 Å². The van der Waals surface area contributed by atoms with Crippen molar-refractivity contribution >= 4 is 0 Å². The van der Waals surface area contributed by atoms with E-state index in [-0.39, 0.29) is 0 Å². The molecule has 0 atom stereocenters. The molecule has 0 radical (unpaired) electrons. The Balaban J connectivity index is 1.50. The van der Waals surface area contributed by atoms with E-state index in [9.17, 15) is 0 Å². The second kappa shape index (κ2) is 5.71. The van der Waals surface area contributed by atoms with Crippen molar-refractivity contribution in [3.8, 4) is 0 Å². The summed E-state index contributed by atoms with van der Waals surface area (Å²) in [5.74, 6) is 0. The van der Waals surface area contributed by atoms with Crippen LogP contribution in [0.25, 0.3) is 0 Å². The fourth-order valence-electron chi connectivity index (χ4n) is 4.12. The lowest BCUT2D eigenvalue weighted by Gasteiger charge is -2.34. The summed E-state index contributed by atoms with van der Waals surface area (Å²) < 4.78 is 0. The van der Waals surface area contributed by atoms with Gasteiger partial charge in [-0.05, 0) is 25.7 Å². The van der Waals surface area contributed by atoms with Crippen molar-refractivity contribution in [2.24, 2.45) is 0 Å². The van der Waals surface area contributed by atoms with Crippen molar-refractivity contribution in [2.75, 3.05) is 19.8 Å². The zero-order chi connectivity index (χ0) is 11.5. The van der Waals surface area contributed by atoms with Crippen LogP contribution in [0.5, 0.6) is 0 Å². The fraction of sp³-hybridized carbons (Fsp3) is 1.00. The normalized spacial score (nSPS) is 31.1. The van der Waals surface area contributed by atoms with Gasteiger partial charge in [-0.2, -0.15) is 0 Å². The largest absolute Gasteiger partial charge is 0.286 e. The third kappa shape index (κ3) is 2.85. The molecule has 0 unspecified atom stereocenters. The molecule has 98 valence electrons. The van der Waals surface area contributed by atoms with Gasteiger partial charge in [0.25, 0.3) is 0 Å². The number of rotatable bonds is 2. The highest BCUT2D eigenvalue weighted by Crippen LogP contribution is 2.28. The minimum absolute atomic E-state index is 0.928. The summed E-state index contributed by atoms with van der Waals surface area (Å²) in [6, 6.07) is 1.86. The third-order valence-corrected chi connectivity index (χ3v) is 5.22. The quantitative estimate of drug-likeness (QED) is 0.726. The molecule has 3 rings (SSSR count). The summed E-state index contributed by atoms with van der Waals surface area (Å²) in [6.07, 6.45) is 14.8. The van der Waals surface area contributed by atoms with Crippen LogP contribution in [-0.4, -0.2) is 41.6 Å². The molecule has 0 aromatic heterocycles. The van der Waals surface area contributed by atoms with E-state index in [0.29, 0.717) is 0 Å². The molecule has 2 nitrogen and oxygen atoms in total. The lowest BCUT2D eigenvalue weighted by Crippen LogP contribution is -2.39. The highest BCUT2D eigenvalue weighted by molar-refractivity contribution is 4.85. The Labute approximate surface area is 106 Å². The SMILES string of the molecule is C1CCC(N2CCN(C3CCCCC3)C2)CC1. The summed E-state index contributed by atoms with van der Waals surface area (Å²) in [4.78, 5) is 5.57. The lowest BCUT2D eigenvalue weighted by atomic mass is 9.94. The van der Waals surface area contributed by atoms with Crippen LogP contribution < -0.4 is 0 Å². The Morgan fingerprint density at radius 1 is 0.529 bits per heavy atom. The smallest absolute Gasteiger partial charge is 0.0512 e. The molecule has 17 heavy (non-hydrogen) atoms. The van der Waals surface area contributed by atoms with Crippen LogP contribution in [0.1, 0.15) is 64.2 Å². The van der Waals surface area contributed by atoms with Crippen LogP contribution in [0, 0.1) is 0 Å². The zero-order valence-corrected chi connectivity index (χ0v) is 11.2. The highest BCUT2D eigenvalue weighted by atomic mass is 15.4. The molecule has 3 fully saturated rings. The van der Waals surface area contributed by atoms with Crippen molar-refractivity contribution in [1.29, 1.82) is 0 Å². The molecule has 0 aromatic rings. The summed E-state index contributed by atoms with van der Waals surface area (Å²) in [6.45, 7) is 3.98. The molecule has 2 heteroatoms. The molecule has 2 saturated carbocycles. The summed E-state index contributed by atoms with van der Waals surface area (Å²) >= 11 is 0. The zero-order valence-electron chi connectivity index (χ0n) is 11.2. The van der Waals surface area contributed by atoms with Gasteiger partial charge in [0.2, 0.25) is 0 Å². The molecule has 3 aliphatic rings. The molecular formula is C15H28N2. The molecular weight excluding hydrogens is 208 g/mol. The predicted octanol–water partition coefficient (Wildman–Crippen LogP) is 3.23. The second-order valence-electron chi connectivity index (χ2n) is 6.35. The molecule has 2 aliphatic carbocycles. The number of nitrogens with zero attached hydrogens (tertiary/aromatic N) is 2. The van der Waals surface area contributed by atoms with Crippen LogP contribution in [0.3, 0.4) is 0 Å². The van der Waals surface area contributed by atoms with Crippen LogP contribution >= 0.6 is 0 Å². The van der Waals surface area contributed by atoms with Gasteiger partial charge in [0, 0.05) is 25.2 Å². The fourth-order valence-corrected chi connectivity index (χ4v) is 4.12. The Hall–Kier alpha value is -0.0800. The first-order valence-electron chi connectivity index (χ1n) is 7.91. The van der Waals surface area contributed by atoms with Crippen molar-refractivity contribution in [2.45, 2.75) is 76.3 Å². The summed E-state index contributed by atoms with van der Waals surface area (Å²) in [7, 11) is 0. The monoisotopic (exact) mass is 236 g/mol. The molecule has 1 heterocycles. The van der Waals surface area contributed by atoms with Crippen molar-refractivity contribution in [3.63, 3.8) is 0 Å². The molecule has 0 N–H and O–H groups in total. The van der Waals surface area contributed by atoms with Gasteiger partial charge in [0.1, 0.15) is 0 Å². The van der Waals surface area contributed by atoms with E-state index >= 15 is 0 Å². The first-order chi connectivity index (χ1) is 8.43. The molecule has 0 aromatic carbocycles. The summed E-state index contributed by atoms with van der Waals surface area (Å²) in [5, 5.41) is 0. The Morgan fingerprint density at radius 2 is 0.941 bits per heavy atom. The molecule has 0 bridgehead atoms. The first-order valence-corrected chi connectivity index (χ1v) is 7.91. The van der Waals surface area contributed by atoms with E-state index < -0.39 is 0 Å². The van der Waals surface area contributed by atoms with Crippen LogP contribution in [-0.2, 0) is 0 Å². The van der Waals surface area contributed by atoms with Crippen molar-refractivity contribution in [3.05, 3.63) is 0 Å².